The van der Waals surface area contributed by atoms with E-state index in [2.05, 4.69) is 15.0 Å². The highest BCUT2D eigenvalue weighted by Gasteiger charge is 2.53. The molecule has 4 fully saturated rings. The summed E-state index contributed by atoms with van der Waals surface area (Å²) >= 11 is 0. The average Bonchev–Trinajstić information content (AvgIpc) is 3.16. The molecule has 0 amide bonds. The molecule has 6 rings (SSSR count). The Morgan fingerprint density at radius 2 is 1.82 bits per heavy atom. The van der Waals surface area contributed by atoms with Crippen molar-refractivity contribution < 1.29 is 17.4 Å². The Hall–Kier alpha value is -1.74. The van der Waals surface area contributed by atoms with Crippen molar-refractivity contribution in [2.45, 2.75) is 57.8 Å². The molecule has 5 nitrogen and oxygen atoms in total. The molecule has 2 saturated heterocycles. The molecule has 0 N–H and O–H groups in total. The standard InChI is InChI=1S/C12H12F3N3.C12H19NOS/c1-8(2)18-7-6-10(17-18)9-4-3-5-11(16-9)12(13,14)15;14-15-7-12(8-15)1-2-13(6-12)11-4-9-3-10(9)5-11/h3-8H,1-2H3;9-11H,1-8H2. The smallest absolute Gasteiger partial charge is 0.300 e. The third-order valence-electron chi connectivity index (χ3n) is 7.58. The molecule has 33 heavy (non-hydrogen) atoms. The lowest BCUT2D eigenvalue weighted by Crippen LogP contribution is -2.47. The van der Waals surface area contributed by atoms with Gasteiger partial charge in [0.15, 0.2) is 0 Å². The SMILES string of the molecule is CC(C)n1ccc(-c2cccc(C(F)(F)F)n2)n1.O=S1CC2(CCN(C3CC4CC4C3)C2)C1. The van der Waals surface area contributed by atoms with E-state index in [4.69, 9.17) is 0 Å². The summed E-state index contributed by atoms with van der Waals surface area (Å²) in [5.41, 5.74) is 0.260. The van der Waals surface area contributed by atoms with E-state index in [0.29, 0.717) is 11.1 Å². The second-order valence-corrected chi connectivity index (χ2v) is 12.0. The van der Waals surface area contributed by atoms with Crippen molar-refractivity contribution in [3.05, 3.63) is 36.2 Å². The Labute approximate surface area is 195 Å². The van der Waals surface area contributed by atoms with Gasteiger partial charge in [0.2, 0.25) is 0 Å². The molecular formula is C24H31F3N4OS. The molecule has 9 heteroatoms. The van der Waals surface area contributed by atoms with E-state index in [1.165, 1.54) is 50.9 Å². The highest BCUT2D eigenvalue weighted by atomic mass is 32.2. The van der Waals surface area contributed by atoms with E-state index in [9.17, 15) is 17.4 Å². The molecule has 2 aromatic rings. The number of nitrogens with zero attached hydrogens (tertiary/aromatic N) is 4. The van der Waals surface area contributed by atoms with Crippen LogP contribution in [0.1, 0.15) is 51.3 Å². The summed E-state index contributed by atoms with van der Waals surface area (Å²) in [6.45, 7) is 6.44. The fourth-order valence-corrected chi connectivity index (χ4v) is 7.39. The first kappa shape index (κ1) is 23.0. The summed E-state index contributed by atoms with van der Waals surface area (Å²) in [5, 5.41) is 4.19. The molecule has 180 valence electrons. The van der Waals surface area contributed by atoms with Gasteiger partial charge in [-0.3, -0.25) is 13.8 Å². The first-order valence-corrected chi connectivity index (χ1v) is 13.3. The summed E-state index contributed by atoms with van der Waals surface area (Å²) in [7, 11) is -0.462. The molecule has 2 aliphatic carbocycles. The number of likely N-dealkylation sites (tertiary alicyclic amines) is 1. The third kappa shape index (κ3) is 4.90. The van der Waals surface area contributed by atoms with Gasteiger partial charge in [-0.15, -0.1) is 0 Å². The number of pyridine rings is 1. The Morgan fingerprint density at radius 1 is 1.09 bits per heavy atom. The van der Waals surface area contributed by atoms with Crippen LogP contribution >= 0.6 is 0 Å². The molecule has 2 aliphatic heterocycles. The van der Waals surface area contributed by atoms with Crippen molar-refractivity contribution in [3.8, 4) is 11.4 Å². The lowest BCUT2D eigenvalue weighted by molar-refractivity contribution is -0.141. The Morgan fingerprint density at radius 3 is 2.42 bits per heavy atom. The lowest BCUT2D eigenvalue weighted by Gasteiger charge is -2.38. The Bertz CT molecular complexity index is 1020. The molecule has 1 spiro atoms. The van der Waals surface area contributed by atoms with Crippen LogP contribution in [-0.4, -0.2) is 54.5 Å². The van der Waals surface area contributed by atoms with Crippen molar-refractivity contribution >= 4 is 10.8 Å². The second-order valence-electron chi connectivity index (χ2n) is 10.5. The number of rotatable bonds is 3. The van der Waals surface area contributed by atoms with Crippen LogP contribution < -0.4 is 0 Å². The fourth-order valence-electron chi connectivity index (χ4n) is 5.64. The van der Waals surface area contributed by atoms with Crippen LogP contribution in [0.5, 0.6) is 0 Å². The maximum atomic E-state index is 12.5. The third-order valence-corrected chi connectivity index (χ3v) is 9.45. The zero-order valence-corrected chi connectivity index (χ0v) is 19.9. The van der Waals surface area contributed by atoms with Gasteiger partial charge < -0.3 is 0 Å². The molecule has 0 aromatic carbocycles. The molecule has 4 aliphatic rings. The highest BCUT2D eigenvalue weighted by molar-refractivity contribution is 7.86. The number of hydrogen-bond donors (Lipinski definition) is 0. The number of aromatic nitrogens is 3. The van der Waals surface area contributed by atoms with E-state index in [0.717, 1.165) is 35.4 Å². The van der Waals surface area contributed by atoms with E-state index < -0.39 is 22.7 Å². The summed E-state index contributed by atoms with van der Waals surface area (Å²) < 4.78 is 50.5. The predicted octanol–water partition coefficient (Wildman–Crippen LogP) is 4.78. The Balaban J connectivity index is 0.000000140. The number of alkyl halides is 3. The Kier molecular flexibility index (Phi) is 5.92. The van der Waals surface area contributed by atoms with Crippen molar-refractivity contribution in [3.63, 3.8) is 0 Å². The van der Waals surface area contributed by atoms with Crippen molar-refractivity contribution in [2.75, 3.05) is 24.6 Å². The highest BCUT2D eigenvalue weighted by Crippen LogP contribution is 2.54. The maximum absolute atomic E-state index is 12.5. The topological polar surface area (TPSA) is 51.0 Å². The van der Waals surface area contributed by atoms with Gasteiger partial charge in [0, 0.05) is 52.5 Å². The lowest BCUT2D eigenvalue weighted by atomic mass is 9.91. The fraction of sp³-hybridized carbons (Fsp3) is 0.667. The first-order chi connectivity index (χ1) is 15.6. The summed E-state index contributed by atoms with van der Waals surface area (Å²) in [5.74, 6) is 4.20. The molecule has 2 atom stereocenters. The molecular weight excluding hydrogens is 449 g/mol. The molecule has 2 aromatic heterocycles. The zero-order valence-electron chi connectivity index (χ0n) is 19.1. The van der Waals surface area contributed by atoms with Gasteiger partial charge in [-0.2, -0.15) is 18.3 Å². The van der Waals surface area contributed by atoms with Crippen LogP contribution in [0.3, 0.4) is 0 Å². The van der Waals surface area contributed by atoms with Crippen LogP contribution in [0.15, 0.2) is 30.5 Å². The molecule has 0 radical (unpaired) electrons. The van der Waals surface area contributed by atoms with Crippen LogP contribution in [-0.2, 0) is 17.0 Å². The summed E-state index contributed by atoms with van der Waals surface area (Å²) in [6, 6.07) is 6.51. The number of fused-ring (bicyclic) bond motifs is 1. The van der Waals surface area contributed by atoms with Crippen LogP contribution in [0.25, 0.3) is 11.4 Å². The van der Waals surface area contributed by atoms with E-state index >= 15 is 0 Å². The van der Waals surface area contributed by atoms with Gasteiger partial charge in [0.25, 0.3) is 0 Å². The van der Waals surface area contributed by atoms with Crippen LogP contribution in [0, 0.1) is 17.3 Å². The molecule has 0 bridgehead atoms. The first-order valence-electron chi connectivity index (χ1n) is 11.8. The maximum Gasteiger partial charge on any atom is 0.433 e. The predicted molar refractivity (Wildman–Crippen MR) is 122 cm³/mol. The minimum atomic E-state index is -4.43. The second kappa shape index (κ2) is 8.48. The van der Waals surface area contributed by atoms with Gasteiger partial charge in [-0.1, -0.05) is 6.07 Å². The van der Waals surface area contributed by atoms with Crippen molar-refractivity contribution in [2.24, 2.45) is 17.3 Å². The average molecular weight is 481 g/mol. The number of hydrogen-bond acceptors (Lipinski definition) is 4. The van der Waals surface area contributed by atoms with Gasteiger partial charge in [-0.05, 0) is 76.1 Å². The van der Waals surface area contributed by atoms with Crippen molar-refractivity contribution in [1.82, 2.24) is 19.7 Å². The number of halogens is 3. The normalized spacial score (nSPS) is 33.0. The van der Waals surface area contributed by atoms with E-state index in [-0.39, 0.29) is 11.7 Å². The zero-order chi connectivity index (χ0) is 23.4. The summed E-state index contributed by atoms with van der Waals surface area (Å²) in [4.78, 5) is 6.31. The van der Waals surface area contributed by atoms with Gasteiger partial charge >= 0.3 is 6.18 Å². The van der Waals surface area contributed by atoms with Crippen molar-refractivity contribution in [1.29, 1.82) is 0 Å². The van der Waals surface area contributed by atoms with Gasteiger partial charge in [-0.25, -0.2) is 4.98 Å². The van der Waals surface area contributed by atoms with Crippen LogP contribution in [0.4, 0.5) is 13.2 Å². The summed E-state index contributed by atoms with van der Waals surface area (Å²) in [6.07, 6.45) is 3.09. The largest absolute Gasteiger partial charge is 0.433 e. The minimum Gasteiger partial charge on any atom is -0.300 e. The van der Waals surface area contributed by atoms with Gasteiger partial charge in [0.1, 0.15) is 11.4 Å². The molecule has 4 heterocycles. The minimum absolute atomic E-state index is 0.157. The quantitative estimate of drug-likeness (QED) is 0.634. The molecule has 2 saturated carbocycles. The van der Waals surface area contributed by atoms with E-state index in [1.807, 2.05) is 13.8 Å². The monoisotopic (exact) mass is 480 g/mol. The van der Waals surface area contributed by atoms with Gasteiger partial charge in [0.05, 0.1) is 5.69 Å². The molecule has 2 unspecified atom stereocenters. The van der Waals surface area contributed by atoms with Crippen LogP contribution in [0.2, 0.25) is 0 Å². The van der Waals surface area contributed by atoms with E-state index in [1.54, 1.807) is 16.9 Å².